The van der Waals surface area contributed by atoms with Crippen LogP contribution in [0, 0.1) is 12.8 Å². The van der Waals surface area contributed by atoms with E-state index in [9.17, 15) is 4.79 Å². The van der Waals surface area contributed by atoms with Crippen molar-refractivity contribution >= 4 is 17.5 Å². The van der Waals surface area contributed by atoms with E-state index in [4.69, 9.17) is 11.6 Å². The van der Waals surface area contributed by atoms with Crippen LogP contribution in [0.4, 0.5) is 0 Å². The van der Waals surface area contributed by atoms with Crippen LogP contribution in [-0.4, -0.2) is 33.4 Å². The van der Waals surface area contributed by atoms with E-state index >= 15 is 0 Å². The predicted octanol–water partition coefficient (Wildman–Crippen LogP) is 4.27. The van der Waals surface area contributed by atoms with Crippen LogP contribution in [0.25, 0.3) is 0 Å². The summed E-state index contributed by atoms with van der Waals surface area (Å²) in [4.78, 5) is 19.5. The van der Waals surface area contributed by atoms with Crippen molar-refractivity contribution in [3.05, 3.63) is 52.6 Å². The molecule has 0 unspecified atom stereocenters. The summed E-state index contributed by atoms with van der Waals surface area (Å²) in [6.07, 6.45) is 8.78. The van der Waals surface area contributed by atoms with E-state index in [1.54, 1.807) is 6.07 Å². The van der Waals surface area contributed by atoms with Crippen LogP contribution >= 0.6 is 11.6 Å². The van der Waals surface area contributed by atoms with Crippen molar-refractivity contribution in [1.82, 2.24) is 14.5 Å². The summed E-state index contributed by atoms with van der Waals surface area (Å²) in [6, 6.07) is 5.58. The fourth-order valence-corrected chi connectivity index (χ4v) is 3.87. The lowest BCUT2D eigenvalue weighted by Gasteiger charge is -2.33. The van der Waals surface area contributed by atoms with Crippen molar-refractivity contribution in [1.29, 1.82) is 0 Å². The number of nitrogens with zero attached hydrogens (tertiary/aromatic N) is 3. The average molecular weight is 358 g/mol. The Kier molecular flexibility index (Phi) is 4.55. The Morgan fingerprint density at radius 3 is 2.92 bits per heavy atom. The first-order valence-corrected chi connectivity index (χ1v) is 9.56. The third-order valence-electron chi connectivity index (χ3n) is 5.39. The van der Waals surface area contributed by atoms with Crippen molar-refractivity contribution in [3.8, 4) is 0 Å². The van der Waals surface area contributed by atoms with Gasteiger partial charge in [-0.15, -0.1) is 0 Å². The number of benzene rings is 1. The fraction of sp³-hybridized carbons (Fsp3) is 0.500. The molecule has 2 heterocycles. The summed E-state index contributed by atoms with van der Waals surface area (Å²) in [6.45, 7) is 4.58. The van der Waals surface area contributed by atoms with Gasteiger partial charge in [0.15, 0.2) is 0 Å². The first kappa shape index (κ1) is 16.6. The van der Waals surface area contributed by atoms with E-state index in [0.717, 1.165) is 49.8 Å². The molecule has 25 heavy (non-hydrogen) atoms. The van der Waals surface area contributed by atoms with Gasteiger partial charge in [0.2, 0.25) is 0 Å². The Hall–Kier alpha value is -1.81. The lowest BCUT2D eigenvalue weighted by molar-refractivity contribution is 0.0703. The number of hydrogen-bond donors (Lipinski definition) is 0. The largest absolute Gasteiger partial charge is 0.338 e. The number of hydrogen-bond acceptors (Lipinski definition) is 2. The molecule has 1 aliphatic heterocycles. The molecular weight excluding hydrogens is 334 g/mol. The normalized spacial score (nSPS) is 20.7. The number of piperidine rings is 1. The Bertz CT molecular complexity index is 781. The summed E-state index contributed by atoms with van der Waals surface area (Å²) in [5.41, 5.74) is 1.68. The molecule has 0 spiro atoms. The number of amides is 1. The number of aryl methyl sites for hydroxylation is 1. The number of carbonyl (C=O) groups excluding carboxylic acids is 1. The number of aromatic nitrogens is 2. The maximum atomic E-state index is 12.9. The zero-order chi connectivity index (χ0) is 17.4. The first-order valence-electron chi connectivity index (χ1n) is 9.18. The molecule has 2 aliphatic rings. The topological polar surface area (TPSA) is 38.1 Å². The number of halogens is 1. The highest BCUT2D eigenvalue weighted by Crippen LogP contribution is 2.33. The van der Waals surface area contributed by atoms with E-state index < -0.39 is 0 Å². The Morgan fingerprint density at radius 2 is 2.16 bits per heavy atom. The van der Waals surface area contributed by atoms with Gasteiger partial charge in [-0.3, -0.25) is 4.79 Å². The lowest BCUT2D eigenvalue weighted by Crippen LogP contribution is -2.39. The third kappa shape index (κ3) is 3.59. The van der Waals surface area contributed by atoms with E-state index in [-0.39, 0.29) is 5.91 Å². The number of imidazole rings is 1. The minimum atomic E-state index is 0.0758. The molecule has 1 atom stereocenters. The second-order valence-electron chi connectivity index (χ2n) is 7.44. The average Bonchev–Trinajstić information content (AvgIpc) is 3.32. The van der Waals surface area contributed by atoms with Crippen LogP contribution in [0.1, 0.15) is 53.3 Å². The molecule has 4 nitrogen and oxygen atoms in total. The molecule has 4 rings (SSSR count). The van der Waals surface area contributed by atoms with Crippen LogP contribution in [0.3, 0.4) is 0 Å². The minimum Gasteiger partial charge on any atom is -0.338 e. The predicted molar refractivity (Wildman–Crippen MR) is 99.0 cm³/mol. The second-order valence-corrected chi connectivity index (χ2v) is 7.84. The molecule has 1 saturated heterocycles. The molecule has 1 saturated carbocycles. The van der Waals surface area contributed by atoms with Crippen LogP contribution in [0.2, 0.25) is 5.02 Å². The van der Waals surface area contributed by atoms with Crippen LogP contribution < -0.4 is 0 Å². The highest BCUT2D eigenvalue weighted by molar-refractivity contribution is 6.31. The van der Waals surface area contributed by atoms with E-state index in [1.807, 2.05) is 30.2 Å². The van der Waals surface area contributed by atoms with Crippen molar-refractivity contribution < 1.29 is 4.79 Å². The van der Waals surface area contributed by atoms with Crippen LogP contribution in [0.15, 0.2) is 30.6 Å². The van der Waals surface area contributed by atoms with Gasteiger partial charge in [-0.25, -0.2) is 4.98 Å². The van der Waals surface area contributed by atoms with Gasteiger partial charge in [-0.1, -0.05) is 17.7 Å². The zero-order valence-electron chi connectivity index (χ0n) is 14.6. The number of rotatable bonds is 4. The molecule has 1 aromatic heterocycles. The maximum absolute atomic E-state index is 12.9. The fourth-order valence-electron chi connectivity index (χ4n) is 3.69. The minimum absolute atomic E-state index is 0.0758. The molecule has 1 aromatic carbocycles. The smallest absolute Gasteiger partial charge is 0.253 e. The van der Waals surface area contributed by atoms with Crippen LogP contribution in [0.5, 0.6) is 0 Å². The van der Waals surface area contributed by atoms with E-state index in [1.165, 1.54) is 12.8 Å². The van der Waals surface area contributed by atoms with Gasteiger partial charge in [-0.05, 0) is 56.2 Å². The summed E-state index contributed by atoms with van der Waals surface area (Å²) in [7, 11) is 0. The molecule has 0 N–H and O–H groups in total. The van der Waals surface area contributed by atoms with E-state index in [2.05, 4.69) is 15.7 Å². The lowest BCUT2D eigenvalue weighted by atomic mass is 9.96. The van der Waals surface area contributed by atoms with Crippen molar-refractivity contribution in [2.24, 2.45) is 5.92 Å². The van der Waals surface area contributed by atoms with Gasteiger partial charge in [0, 0.05) is 48.5 Å². The van der Waals surface area contributed by atoms with Gasteiger partial charge in [0.25, 0.3) is 5.91 Å². The van der Waals surface area contributed by atoms with Crippen molar-refractivity contribution in [2.75, 3.05) is 13.1 Å². The molecule has 5 heteroatoms. The van der Waals surface area contributed by atoms with Crippen molar-refractivity contribution in [2.45, 2.75) is 45.1 Å². The molecule has 2 fully saturated rings. The highest BCUT2D eigenvalue weighted by Gasteiger charge is 2.29. The molecule has 0 bridgehead atoms. The van der Waals surface area contributed by atoms with Gasteiger partial charge in [0.05, 0.1) is 0 Å². The van der Waals surface area contributed by atoms with Gasteiger partial charge < -0.3 is 9.47 Å². The SMILES string of the molecule is Cc1ccc(C(=O)N2CCC[C@@H](c3nccn3CC3CC3)C2)cc1Cl. The molecule has 1 amide bonds. The van der Waals surface area contributed by atoms with Crippen molar-refractivity contribution in [3.63, 3.8) is 0 Å². The van der Waals surface area contributed by atoms with Gasteiger partial charge >= 0.3 is 0 Å². The molecule has 2 aromatic rings. The van der Waals surface area contributed by atoms with Gasteiger partial charge in [-0.2, -0.15) is 0 Å². The summed E-state index contributed by atoms with van der Waals surface area (Å²) in [5.74, 6) is 2.37. The standard InChI is InChI=1S/C20H24ClN3O/c1-14-4-7-16(11-18(14)21)20(25)24-9-2-3-17(13-24)19-22-8-10-23(19)12-15-5-6-15/h4,7-8,10-11,15,17H,2-3,5-6,9,12-13H2,1H3/t17-/m1/s1. The molecule has 1 aliphatic carbocycles. The monoisotopic (exact) mass is 357 g/mol. The Balaban J connectivity index is 1.49. The maximum Gasteiger partial charge on any atom is 0.253 e. The van der Waals surface area contributed by atoms with Crippen LogP contribution in [-0.2, 0) is 6.54 Å². The first-order chi connectivity index (χ1) is 12.1. The number of likely N-dealkylation sites (tertiary alicyclic amines) is 1. The zero-order valence-corrected chi connectivity index (χ0v) is 15.4. The highest BCUT2D eigenvalue weighted by atomic mass is 35.5. The quantitative estimate of drug-likeness (QED) is 0.819. The van der Waals surface area contributed by atoms with Gasteiger partial charge in [0.1, 0.15) is 5.82 Å². The summed E-state index contributed by atoms with van der Waals surface area (Å²) in [5, 5.41) is 0.652. The Labute approximate surface area is 153 Å². The second kappa shape index (κ2) is 6.83. The summed E-state index contributed by atoms with van der Waals surface area (Å²) < 4.78 is 2.30. The molecular formula is C20H24ClN3O. The number of carbonyl (C=O) groups is 1. The van der Waals surface area contributed by atoms with E-state index in [0.29, 0.717) is 16.5 Å². The third-order valence-corrected chi connectivity index (χ3v) is 5.80. The molecule has 0 radical (unpaired) electrons. The summed E-state index contributed by atoms with van der Waals surface area (Å²) >= 11 is 6.20. The molecule has 132 valence electrons. The Morgan fingerprint density at radius 1 is 1.32 bits per heavy atom.